The highest BCUT2D eigenvalue weighted by atomic mass is 32.2. The van der Waals surface area contributed by atoms with Gasteiger partial charge in [-0.05, 0) is 0 Å². The maximum Gasteiger partial charge on any atom is 0.357 e. The number of rotatable bonds is 7. The van der Waals surface area contributed by atoms with Crippen molar-refractivity contribution in [3.05, 3.63) is 12.2 Å². The van der Waals surface area contributed by atoms with Crippen LogP contribution in [-0.2, 0) is 33.9 Å². The Hall–Kier alpha value is -1.59. The summed E-state index contributed by atoms with van der Waals surface area (Å²) in [5.41, 5.74) is -0.422. The fourth-order valence-electron chi connectivity index (χ4n) is 1.22. The number of carbonyl (C=O) groups excluding carboxylic acids is 2. The molecule has 1 saturated heterocycles. The summed E-state index contributed by atoms with van der Waals surface area (Å²) >= 11 is 0. The SMILES string of the molecule is C=C(COCC(F)(F)S(=O)(=O)[O-])C(=O)OC1CCOC1=O. The zero-order chi connectivity index (χ0) is 16.3. The van der Waals surface area contributed by atoms with Gasteiger partial charge in [-0.1, -0.05) is 6.58 Å². The van der Waals surface area contributed by atoms with E-state index in [1.165, 1.54) is 0 Å². The average molecular weight is 329 g/mol. The molecule has 0 N–H and O–H groups in total. The molecule has 1 aliphatic heterocycles. The highest BCUT2D eigenvalue weighted by Crippen LogP contribution is 2.20. The van der Waals surface area contributed by atoms with Crippen molar-refractivity contribution in [2.45, 2.75) is 17.8 Å². The number of cyclic esters (lactones) is 1. The first-order valence-electron chi connectivity index (χ1n) is 5.51. The van der Waals surface area contributed by atoms with Crippen LogP contribution in [0.2, 0.25) is 0 Å². The topological polar surface area (TPSA) is 119 Å². The van der Waals surface area contributed by atoms with Crippen LogP contribution >= 0.6 is 0 Å². The van der Waals surface area contributed by atoms with E-state index in [0.29, 0.717) is 0 Å². The van der Waals surface area contributed by atoms with E-state index < -0.39 is 52.2 Å². The van der Waals surface area contributed by atoms with Crippen LogP contribution < -0.4 is 0 Å². The number of hydrogen-bond acceptors (Lipinski definition) is 8. The fourth-order valence-corrected chi connectivity index (χ4v) is 1.45. The lowest BCUT2D eigenvalue weighted by atomic mass is 10.3. The second-order valence-corrected chi connectivity index (χ2v) is 5.54. The quantitative estimate of drug-likeness (QED) is 0.350. The van der Waals surface area contributed by atoms with E-state index in [1.807, 2.05) is 0 Å². The zero-order valence-corrected chi connectivity index (χ0v) is 11.4. The van der Waals surface area contributed by atoms with Gasteiger partial charge >= 0.3 is 17.2 Å². The molecule has 0 radical (unpaired) electrons. The molecule has 1 fully saturated rings. The Kier molecular flexibility index (Phi) is 5.36. The number of ether oxygens (including phenoxy) is 3. The molecule has 1 heterocycles. The smallest absolute Gasteiger partial charge is 0.357 e. The number of halogens is 2. The van der Waals surface area contributed by atoms with Crippen LogP contribution in [0.25, 0.3) is 0 Å². The van der Waals surface area contributed by atoms with E-state index in [0.717, 1.165) is 0 Å². The number of carbonyl (C=O) groups is 2. The minimum atomic E-state index is -5.86. The molecule has 1 unspecified atom stereocenters. The number of alkyl halides is 2. The molecular formula is C10H11F2O8S-. The van der Waals surface area contributed by atoms with Crippen molar-refractivity contribution in [2.75, 3.05) is 19.8 Å². The van der Waals surface area contributed by atoms with Crippen LogP contribution in [0.15, 0.2) is 12.2 Å². The number of esters is 2. The Morgan fingerprint density at radius 2 is 2.14 bits per heavy atom. The van der Waals surface area contributed by atoms with Crippen LogP contribution in [0.5, 0.6) is 0 Å². The first kappa shape index (κ1) is 17.5. The first-order valence-corrected chi connectivity index (χ1v) is 6.92. The van der Waals surface area contributed by atoms with Crippen molar-refractivity contribution in [1.29, 1.82) is 0 Å². The number of hydrogen-bond donors (Lipinski definition) is 0. The van der Waals surface area contributed by atoms with Crippen molar-refractivity contribution in [3.63, 3.8) is 0 Å². The van der Waals surface area contributed by atoms with Crippen LogP contribution in [0.1, 0.15) is 6.42 Å². The van der Waals surface area contributed by atoms with E-state index in [1.54, 1.807) is 0 Å². The highest BCUT2D eigenvalue weighted by Gasteiger charge is 2.38. The van der Waals surface area contributed by atoms with Gasteiger partial charge in [0.2, 0.25) is 6.10 Å². The Bertz CT molecular complexity index is 541. The standard InChI is InChI=1S/C10H12F2O8S/c1-6(4-18-5-10(11,12)21(15,16)17)8(13)20-7-2-3-19-9(7)14/h7H,1-5H2,(H,15,16,17)/p-1. The van der Waals surface area contributed by atoms with Crippen LogP contribution in [-0.4, -0.2) is 56.1 Å². The molecule has 1 aliphatic rings. The maximum absolute atomic E-state index is 12.7. The molecule has 1 atom stereocenters. The van der Waals surface area contributed by atoms with Crippen LogP contribution in [0.4, 0.5) is 8.78 Å². The fraction of sp³-hybridized carbons (Fsp3) is 0.600. The lowest BCUT2D eigenvalue weighted by Crippen LogP contribution is -2.34. The summed E-state index contributed by atoms with van der Waals surface area (Å²) in [5, 5.41) is -4.62. The Morgan fingerprint density at radius 3 is 2.62 bits per heavy atom. The second-order valence-electron chi connectivity index (χ2n) is 4.04. The van der Waals surface area contributed by atoms with E-state index >= 15 is 0 Å². The molecule has 0 amide bonds. The summed E-state index contributed by atoms with van der Waals surface area (Å²) in [7, 11) is -5.86. The van der Waals surface area contributed by atoms with Gasteiger partial charge < -0.3 is 18.8 Å². The van der Waals surface area contributed by atoms with Crippen molar-refractivity contribution in [3.8, 4) is 0 Å². The lowest BCUT2D eigenvalue weighted by molar-refractivity contribution is -0.158. The molecule has 120 valence electrons. The molecule has 0 aliphatic carbocycles. The summed E-state index contributed by atoms with van der Waals surface area (Å²) in [6.45, 7) is 0.758. The molecule has 21 heavy (non-hydrogen) atoms. The summed E-state index contributed by atoms with van der Waals surface area (Å²) in [6.07, 6.45) is -0.941. The first-order chi connectivity index (χ1) is 9.54. The van der Waals surface area contributed by atoms with Crippen molar-refractivity contribution < 1.29 is 45.6 Å². The largest absolute Gasteiger partial charge is 0.743 e. The molecule has 0 aromatic carbocycles. The zero-order valence-electron chi connectivity index (χ0n) is 10.5. The van der Waals surface area contributed by atoms with Crippen LogP contribution in [0, 0.1) is 0 Å². The Labute approximate surface area is 118 Å². The highest BCUT2D eigenvalue weighted by molar-refractivity contribution is 7.86. The maximum atomic E-state index is 12.7. The van der Waals surface area contributed by atoms with E-state index in [-0.39, 0.29) is 13.0 Å². The summed E-state index contributed by atoms with van der Waals surface area (Å²) in [5.74, 6) is -1.81. The summed E-state index contributed by atoms with van der Waals surface area (Å²) < 4.78 is 69.5. The van der Waals surface area contributed by atoms with E-state index in [4.69, 9.17) is 0 Å². The van der Waals surface area contributed by atoms with Gasteiger partial charge in [-0.3, -0.25) is 0 Å². The van der Waals surface area contributed by atoms with Gasteiger partial charge in [-0.15, -0.1) is 0 Å². The van der Waals surface area contributed by atoms with Crippen LogP contribution in [0.3, 0.4) is 0 Å². The predicted molar refractivity (Wildman–Crippen MR) is 60.1 cm³/mol. The van der Waals surface area contributed by atoms with Gasteiger partial charge in [0.05, 0.1) is 18.8 Å². The van der Waals surface area contributed by atoms with Gasteiger partial charge in [0.25, 0.3) is 0 Å². The molecule has 0 spiro atoms. The van der Waals surface area contributed by atoms with E-state index in [2.05, 4.69) is 20.8 Å². The third-order valence-corrected chi connectivity index (χ3v) is 3.19. The monoisotopic (exact) mass is 329 g/mol. The van der Waals surface area contributed by atoms with Gasteiger partial charge in [-0.2, -0.15) is 8.78 Å². The predicted octanol–water partition coefficient (Wildman–Crippen LogP) is -0.444. The van der Waals surface area contributed by atoms with Crippen molar-refractivity contribution in [1.82, 2.24) is 0 Å². The van der Waals surface area contributed by atoms with E-state index in [9.17, 15) is 31.3 Å². The molecule has 0 aromatic rings. The Balaban J connectivity index is 2.40. The van der Waals surface area contributed by atoms with Crippen molar-refractivity contribution in [2.24, 2.45) is 0 Å². The van der Waals surface area contributed by atoms with Gasteiger partial charge in [0.1, 0.15) is 6.61 Å². The van der Waals surface area contributed by atoms with Gasteiger partial charge in [0.15, 0.2) is 10.1 Å². The average Bonchev–Trinajstić information content (AvgIpc) is 2.73. The van der Waals surface area contributed by atoms with Gasteiger partial charge in [-0.25, -0.2) is 18.0 Å². The summed E-state index contributed by atoms with van der Waals surface area (Å²) in [4.78, 5) is 22.4. The third kappa shape index (κ3) is 4.72. The molecule has 0 bridgehead atoms. The molecule has 0 saturated carbocycles. The minimum absolute atomic E-state index is 0.0906. The summed E-state index contributed by atoms with van der Waals surface area (Å²) in [6, 6.07) is 0. The Morgan fingerprint density at radius 1 is 1.52 bits per heavy atom. The minimum Gasteiger partial charge on any atom is -0.743 e. The molecular weight excluding hydrogens is 318 g/mol. The lowest BCUT2D eigenvalue weighted by Gasteiger charge is -2.19. The molecule has 0 aromatic heterocycles. The molecule has 8 nitrogen and oxygen atoms in total. The van der Waals surface area contributed by atoms with Crippen molar-refractivity contribution >= 4 is 22.1 Å². The molecule has 11 heteroatoms. The normalized spacial score (nSPS) is 19.2. The van der Waals surface area contributed by atoms with Gasteiger partial charge in [0, 0.05) is 6.42 Å². The third-order valence-electron chi connectivity index (χ3n) is 2.34. The molecule has 1 rings (SSSR count). The second kappa shape index (κ2) is 6.45.